The molecule has 0 aliphatic heterocycles. The number of hydrogen-bond donors (Lipinski definition) is 0. The fourth-order valence-corrected chi connectivity index (χ4v) is 2.12. The van der Waals surface area contributed by atoms with E-state index in [1.807, 2.05) is 0 Å². The molecule has 98 valence electrons. The third-order valence-corrected chi connectivity index (χ3v) is 3.87. The van der Waals surface area contributed by atoms with Crippen LogP contribution in [0.1, 0.15) is 59.8 Å². The van der Waals surface area contributed by atoms with E-state index in [0.717, 1.165) is 0 Å². The topological polar surface area (TPSA) is 34.1 Å². The number of halogens is 1. The van der Waals surface area contributed by atoms with Crippen LogP contribution in [0.2, 0.25) is 0 Å². The third kappa shape index (κ3) is 3.62. The summed E-state index contributed by atoms with van der Waals surface area (Å²) in [7, 11) is 0. The van der Waals surface area contributed by atoms with Gasteiger partial charge in [-0.05, 0) is 31.1 Å². The molecule has 0 amide bonds. The van der Waals surface area contributed by atoms with Crippen molar-refractivity contribution in [1.29, 1.82) is 0 Å². The van der Waals surface area contributed by atoms with Crippen LogP contribution in [-0.2, 0) is 9.59 Å². The van der Waals surface area contributed by atoms with E-state index in [9.17, 15) is 14.0 Å². The van der Waals surface area contributed by atoms with Gasteiger partial charge in [-0.15, -0.1) is 0 Å². The summed E-state index contributed by atoms with van der Waals surface area (Å²) in [6.07, 6.45) is 1.72. The molecule has 0 atom stereocenters. The van der Waals surface area contributed by atoms with E-state index >= 15 is 0 Å². The van der Waals surface area contributed by atoms with Gasteiger partial charge in [-0.2, -0.15) is 0 Å². The highest BCUT2D eigenvalue weighted by Crippen LogP contribution is 2.43. The maximum atomic E-state index is 14.4. The Balaban J connectivity index is 2.61. The van der Waals surface area contributed by atoms with Gasteiger partial charge in [0.2, 0.25) is 0 Å². The Kier molecular flexibility index (Phi) is 4.11. The molecule has 2 nitrogen and oxygen atoms in total. The second-order valence-corrected chi connectivity index (χ2v) is 6.35. The molecule has 1 fully saturated rings. The average Bonchev–Trinajstić information content (AvgIpc) is 2.22. The summed E-state index contributed by atoms with van der Waals surface area (Å²) in [6, 6.07) is 0. The van der Waals surface area contributed by atoms with Crippen molar-refractivity contribution in [2.75, 3.05) is 0 Å². The summed E-state index contributed by atoms with van der Waals surface area (Å²) >= 11 is 0. The molecule has 0 bridgehead atoms. The van der Waals surface area contributed by atoms with Crippen molar-refractivity contribution in [3.05, 3.63) is 0 Å². The van der Waals surface area contributed by atoms with E-state index in [4.69, 9.17) is 0 Å². The fraction of sp³-hybridized carbons (Fsp3) is 0.857. The number of carbonyl (C=O) groups excluding carboxylic acids is 2. The van der Waals surface area contributed by atoms with Crippen molar-refractivity contribution in [1.82, 2.24) is 0 Å². The van der Waals surface area contributed by atoms with Gasteiger partial charge in [0.15, 0.2) is 11.5 Å². The van der Waals surface area contributed by atoms with Crippen molar-refractivity contribution < 1.29 is 14.0 Å². The first-order chi connectivity index (χ1) is 7.66. The number of hydrogen-bond acceptors (Lipinski definition) is 2. The molecule has 0 heterocycles. The summed E-state index contributed by atoms with van der Waals surface area (Å²) in [5.74, 6) is -0.855. The predicted octanol–water partition coefficient (Wildman–Crippen LogP) is 3.48. The Hall–Kier alpha value is -0.730. The molecule has 1 aliphatic carbocycles. The number of ketones is 2. The highest BCUT2D eigenvalue weighted by molar-refractivity contribution is 6.03. The van der Waals surface area contributed by atoms with Crippen molar-refractivity contribution in [2.45, 2.75) is 65.5 Å². The van der Waals surface area contributed by atoms with Gasteiger partial charge < -0.3 is 0 Å². The van der Waals surface area contributed by atoms with E-state index in [0.29, 0.717) is 12.8 Å². The van der Waals surface area contributed by atoms with Gasteiger partial charge in [0.05, 0.1) is 6.42 Å². The molecule has 1 saturated carbocycles. The lowest BCUT2D eigenvalue weighted by molar-refractivity contribution is -0.138. The van der Waals surface area contributed by atoms with E-state index in [1.165, 1.54) is 0 Å². The molecule has 0 unspecified atom stereocenters. The number of alkyl halides is 1. The highest BCUT2D eigenvalue weighted by atomic mass is 19.1. The van der Waals surface area contributed by atoms with E-state index in [1.54, 1.807) is 13.8 Å². The molecule has 0 saturated heterocycles. The molecular weight excluding hydrogens is 219 g/mol. The number of Topliss-reactive ketones (excluding diaryl/α,β-unsaturated/α-hetero) is 2. The average molecular weight is 242 g/mol. The van der Waals surface area contributed by atoms with E-state index < -0.39 is 11.5 Å². The van der Waals surface area contributed by atoms with Gasteiger partial charge in [-0.3, -0.25) is 9.59 Å². The fourth-order valence-electron chi connectivity index (χ4n) is 2.12. The largest absolute Gasteiger partial charge is 0.299 e. The lowest BCUT2D eigenvalue weighted by atomic mass is 9.70. The molecule has 17 heavy (non-hydrogen) atoms. The monoisotopic (exact) mass is 242 g/mol. The van der Waals surface area contributed by atoms with Gasteiger partial charge in [-0.25, -0.2) is 4.39 Å². The van der Waals surface area contributed by atoms with Crippen LogP contribution < -0.4 is 0 Å². The summed E-state index contributed by atoms with van der Waals surface area (Å²) in [4.78, 5) is 23.3. The Bertz CT molecular complexity index is 308. The maximum absolute atomic E-state index is 14.4. The first-order valence-corrected chi connectivity index (χ1v) is 6.41. The second-order valence-electron chi connectivity index (χ2n) is 6.35. The van der Waals surface area contributed by atoms with Crippen LogP contribution in [0, 0.1) is 11.3 Å². The van der Waals surface area contributed by atoms with E-state index in [2.05, 4.69) is 13.8 Å². The molecule has 0 N–H and O–H groups in total. The first-order valence-electron chi connectivity index (χ1n) is 6.41. The Morgan fingerprint density at radius 1 is 1.12 bits per heavy atom. The maximum Gasteiger partial charge on any atom is 0.177 e. The Labute approximate surface area is 103 Å². The van der Waals surface area contributed by atoms with Gasteiger partial charge in [-0.1, -0.05) is 27.7 Å². The summed E-state index contributed by atoms with van der Waals surface area (Å²) < 4.78 is 14.4. The molecule has 0 radical (unpaired) electrons. The van der Waals surface area contributed by atoms with Gasteiger partial charge >= 0.3 is 0 Å². The Morgan fingerprint density at radius 3 is 2.00 bits per heavy atom. The minimum absolute atomic E-state index is 0.123. The smallest absolute Gasteiger partial charge is 0.177 e. The third-order valence-electron chi connectivity index (χ3n) is 3.87. The molecular formula is C14H23FO2. The zero-order valence-corrected chi connectivity index (χ0v) is 11.3. The lowest BCUT2D eigenvalue weighted by Crippen LogP contribution is -2.41. The van der Waals surface area contributed by atoms with E-state index in [-0.39, 0.29) is 36.4 Å². The van der Waals surface area contributed by atoms with Crippen LogP contribution in [0.15, 0.2) is 0 Å². The van der Waals surface area contributed by atoms with Gasteiger partial charge in [0, 0.05) is 5.92 Å². The zero-order valence-electron chi connectivity index (χ0n) is 11.3. The van der Waals surface area contributed by atoms with Crippen molar-refractivity contribution in [3.8, 4) is 0 Å². The Morgan fingerprint density at radius 2 is 1.59 bits per heavy atom. The summed E-state index contributed by atoms with van der Waals surface area (Å²) in [5, 5.41) is 0. The zero-order chi connectivity index (χ0) is 13.3. The van der Waals surface area contributed by atoms with Gasteiger partial charge in [0.1, 0.15) is 5.78 Å². The predicted molar refractivity (Wildman–Crippen MR) is 65.6 cm³/mol. The molecule has 1 rings (SSSR count). The SMILES string of the molecule is CC(C)C(=O)CC(=O)C1(F)CCC(C)(C)CC1. The molecule has 0 aromatic carbocycles. The van der Waals surface area contributed by atoms with Crippen LogP contribution in [0.25, 0.3) is 0 Å². The minimum atomic E-state index is -1.75. The quantitative estimate of drug-likeness (QED) is 0.707. The standard InChI is InChI=1S/C14H23FO2/c1-10(2)11(16)9-12(17)14(15)7-5-13(3,4)6-8-14/h10H,5-9H2,1-4H3. The highest BCUT2D eigenvalue weighted by Gasteiger charge is 2.44. The van der Waals surface area contributed by atoms with Crippen LogP contribution in [0.5, 0.6) is 0 Å². The summed E-state index contributed by atoms with van der Waals surface area (Å²) in [6.45, 7) is 7.67. The molecule has 0 aromatic heterocycles. The molecule has 1 aliphatic rings. The van der Waals surface area contributed by atoms with Gasteiger partial charge in [0.25, 0.3) is 0 Å². The van der Waals surface area contributed by atoms with Crippen LogP contribution in [0.3, 0.4) is 0 Å². The lowest BCUT2D eigenvalue weighted by Gasteiger charge is -2.37. The van der Waals surface area contributed by atoms with Crippen LogP contribution >= 0.6 is 0 Å². The molecule has 0 aromatic rings. The number of carbonyl (C=O) groups is 2. The molecule has 3 heteroatoms. The minimum Gasteiger partial charge on any atom is -0.299 e. The first kappa shape index (κ1) is 14.3. The normalized spacial score (nSPS) is 22.5. The van der Waals surface area contributed by atoms with Crippen molar-refractivity contribution >= 4 is 11.6 Å². The van der Waals surface area contributed by atoms with Crippen molar-refractivity contribution in [2.24, 2.45) is 11.3 Å². The van der Waals surface area contributed by atoms with Crippen LogP contribution in [-0.4, -0.2) is 17.2 Å². The summed E-state index contributed by atoms with van der Waals surface area (Å²) in [5.41, 5.74) is -1.63. The number of rotatable bonds is 4. The van der Waals surface area contributed by atoms with Crippen LogP contribution in [0.4, 0.5) is 4.39 Å². The second kappa shape index (κ2) is 4.87. The van der Waals surface area contributed by atoms with Crippen molar-refractivity contribution in [3.63, 3.8) is 0 Å². The molecule has 0 spiro atoms.